The van der Waals surface area contributed by atoms with Crippen LogP contribution in [0.15, 0.2) is 65.6 Å². The Morgan fingerprint density at radius 3 is 2.33 bits per heavy atom. The predicted octanol–water partition coefficient (Wildman–Crippen LogP) is 3.49. The number of nitrogens with zero attached hydrogens (tertiary/aromatic N) is 1. The molecule has 0 unspecified atom stereocenters. The van der Waals surface area contributed by atoms with E-state index in [0.717, 1.165) is 32.9 Å². The molecule has 154 valence electrons. The fourth-order valence-electron chi connectivity index (χ4n) is 3.85. The molecule has 30 heavy (non-hydrogen) atoms. The summed E-state index contributed by atoms with van der Waals surface area (Å²) in [4.78, 5) is 12.3. The number of nitrogens with two attached hydrogens (primary N) is 1. The van der Waals surface area contributed by atoms with Gasteiger partial charge in [0, 0.05) is 41.8 Å². The quantitative estimate of drug-likeness (QED) is 0.515. The van der Waals surface area contributed by atoms with Gasteiger partial charge in [-0.2, -0.15) is 0 Å². The number of methoxy groups -OCH3 is 1. The van der Waals surface area contributed by atoms with Crippen LogP contribution in [0.2, 0.25) is 0 Å². The lowest BCUT2D eigenvalue weighted by molar-refractivity contribution is 0.100. The first-order chi connectivity index (χ1) is 14.3. The number of aromatic nitrogens is 1. The number of primary amides is 1. The van der Waals surface area contributed by atoms with E-state index in [4.69, 9.17) is 10.5 Å². The second kappa shape index (κ2) is 7.59. The van der Waals surface area contributed by atoms with Crippen molar-refractivity contribution in [2.75, 3.05) is 13.4 Å². The molecule has 0 aliphatic carbocycles. The van der Waals surface area contributed by atoms with Gasteiger partial charge in [-0.15, -0.1) is 0 Å². The lowest BCUT2D eigenvalue weighted by Gasteiger charge is -2.10. The number of fused-ring (bicyclic) bond motifs is 3. The van der Waals surface area contributed by atoms with Gasteiger partial charge in [-0.05, 0) is 41.5 Å². The number of benzene rings is 3. The average molecular weight is 423 g/mol. The van der Waals surface area contributed by atoms with Crippen molar-refractivity contribution < 1.29 is 17.9 Å². The third kappa shape index (κ3) is 3.58. The lowest BCUT2D eigenvalue weighted by atomic mass is 10.0. The summed E-state index contributed by atoms with van der Waals surface area (Å²) >= 11 is 0. The average Bonchev–Trinajstić information content (AvgIpc) is 3.01. The number of hydrogen-bond acceptors (Lipinski definition) is 4. The zero-order valence-electron chi connectivity index (χ0n) is 16.8. The number of rotatable bonds is 6. The van der Waals surface area contributed by atoms with E-state index in [-0.39, 0.29) is 4.90 Å². The van der Waals surface area contributed by atoms with Crippen LogP contribution in [0, 0.1) is 0 Å². The molecule has 1 aromatic heterocycles. The fourth-order valence-corrected chi connectivity index (χ4v) is 4.48. The second-order valence-electron chi connectivity index (χ2n) is 7.35. The third-order valence-electron chi connectivity index (χ3n) is 5.22. The van der Waals surface area contributed by atoms with Crippen LogP contribution in [0.3, 0.4) is 0 Å². The Bertz CT molecular complexity index is 1370. The monoisotopic (exact) mass is 422 g/mol. The van der Waals surface area contributed by atoms with Crippen molar-refractivity contribution in [3.8, 4) is 0 Å². The fraction of sp³-hybridized carbons (Fsp3) is 0.174. The summed E-state index contributed by atoms with van der Waals surface area (Å²) in [5, 5.41) is 1.75. The molecule has 7 heteroatoms. The van der Waals surface area contributed by atoms with Crippen LogP contribution in [0.1, 0.15) is 21.5 Å². The number of hydrogen-bond donors (Lipinski definition) is 1. The molecule has 0 fully saturated rings. The summed E-state index contributed by atoms with van der Waals surface area (Å²) in [5.74, 6) is -0.474. The first-order valence-electron chi connectivity index (χ1n) is 9.41. The molecule has 0 atom stereocenters. The van der Waals surface area contributed by atoms with Crippen molar-refractivity contribution in [1.82, 2.24) is 4.57 Å². The van der Waals surface area contributed by atoms with E-state index in [1.807, 2.05) is 36.4 Å². The predicted molar refractivity (Wildman–Crippen MR) is 117 cm³/mol. The zero-order chi connectivity index (χ0) is 21.5. The maximum Gasteiger partial charge on any atom is 0.249 e. The highest BCUT2D eigenvalue weighted by molar-refractivity contribution is 7.90. The van der Waals surface area contributed by atoms with Gasteiger partial charge in [0.2, 0.25) is 5.91 Å². The highest BCUT2D eigenvalue weighted by Crippen LogP contribution is 2.33. The van der Waals surface area contributed by atoms with Crippen LogP contribution in [-0.2, 0) is 27.7 Å². The van der Waals surface area contributed by atoms with Crippen molar-refractivity contribution >= 4 is 37.6 Å². The van der Waals surface area contributed by atoms with Gasteiger partial charge < -0.3 is 15.0 Å². The summed E-state index contributed by atoms with van der Waals surface area (Å²) in [5.41, 5.74) is 9.93. The summed E-state index contributed by atoms with van der Waals surface area (Å²) in [6.45, 7) is 0.992. The highest BCUT2D eigenvalue weighted by Gasteiger charge is 2.17. The van der Waals surface area contributed by atoms with E-state index < -0.39 is 15.7 Å². The molecule has 0 aliphatic rings. The van der Waals surface area contributed by atoms with E-state index in [9.17, 15) is 13.2 Å². The molecule has 0 bridgehead atoms. The second-order valence-corrected chi connectivity index (χ2v) is 9.37. The van der Waals surface area contributed by atoms with Gasteiger partial charge in [-0.25, -0.2) is 8.42 Å². The molecule has 1 heterocycles. The summed E-state index contributed by atoms with van der Waals surface area (Å²) in [6, 6.07) is 18.4. The van der Waals surface area contributed by atoms with Crippen LogP contribution in [0.25, 0.3) is 21.8 Å². The highest BCUT2D eigenvalue weighted by atomic mass is 32.2. The molecule has 0 saturated carbocycles. The molecule has 0 spiro atoms. The van der Waals surface area contributed by atoms with E-state index >= 15 is 0 Å². The molecule has 4 aromatic rings. The Labute approximate surface area is 174 Å². The van der Waals surface area contributed by atoms with E-state index in [1.165, 1.54) is 6.26 Å². The number of amides is 1. The minimum atomic E-state index is -3.25. The molecular formula is C23H22N2O4S. The minimum absolute atomic E-state index is 0.284. The standard InChI is InChI=1S/C23H22N2O4S/c1-29-14-16-8-11-18-21(12-16)25(20-5-3-4-19(22(18)20)23(24)26)13-15-6-9-17(10-7-15)30(2,27)28/h3-12H,13-14H2,1-2H3,(H2,24,26). The molecule has 2 N–H and O–H groups in total. The van der Waals surface area contributed by atoms with Gasteiger partial charge >= 0.3 is 0 Å². The minimum Gasteiger partial charge on any atom is -0.380 e. The molecule has 0 radical (unpaired) electrons. The smallest absolute Gasteiger partial charge is 0.249 e. The third-order valence-corrected chi connectivity index (χ3v) is 6.35. The number of ether oxygens (including phenoxy) is 1. The molecule has 1 amide bonds. The summed E-state index contributed by atoms with van der Waals surface area (Å²) < 4.78 is 30.9. The van der Waals surface area contributed by atoms with Crippen molar-refractivity contribution in [3.63, 3.8) is 0 Å². The first kappa shape index (κ1) is 20.1. The van der Waals surface area contributed by atoms with Crippen molar-refractivity contribution in [3.05, 3.63) is 77.4 Å². The van der Waals surface area contributed by atoms with Crippen LogP contribution in [-0.4, -0.2) is 32.3 Å². The Kier molecular flexibility index (Phi) is 5.09. The number of sulfone groups is 1. The van der Waals surface area contributed by atoms with Crippen LogP contribution < -0.4 is 5.73 Å². The van der Waals surface area contributed by atoms with Gasteiger partial charge in [0.25, 0.3) is 0 Å². The van der Waals surface area contributed by atoms with Crippen molar-refractivity contribution in [1.29, 1.82) is 0 Å². The molecule has 0 saturated heterocycles. The van der Waals surface area contributed by atoms with Gasteiger partial charge in [0.15, 0.2) is 9.84 Å². The Hall–Kier alpha value is -3.16. The Morgan fingerprint density at radius 1 is 1.00 bits per heavy atom. The molecule has 6 nitrogen and oxygen atoms in total. The number of carbonyl (C=O) groups is 1. The summed E-state index contributed by atoms with van der Waals surface area (Å²) in [7, 11) is -1.60. The van der Waals surface area contributed by atoms with E-state index in [2.05, 4.69) is 10.6 Å². The maximum atomic E-state index is 12.1. The summed E-state index contributed by atoms with van der Waals surface area (Å²) in [6.07, 6.45) is 1.19. The van der Waals surface area contributed by atoms with Gasteiger partial charge in [0.05, 0.1) is 17.0 Å². The van der Waals surface area contributed by atoms with Gasteiger partial charge in [-0.3, -0.25) is 4.79 Å². The lowest BCUT2D eigenvalue weighted by Crippen LogP contribution is -2.11. The molecule has 4 rings (SSSR count). The van der Waals surface area contributed by atoms with Crippen LogP contribution in [0.4, 0.5) is 0 Å². The first-order valence-corrected chi connectivity index (χ1v) is 11.3. The molecule has 0 aliphatic heterocycles. The van der Waals surface area contributed by atoms with Gasteiger partial charge in [0.1, 0.15) is 0 Å². The van der Waals surface area contributed by atoms with E-state index in [1.54, 1.807) is 25.3 Å². The van der Waals surface area contributed by atoms with Crippen molar-refractivity contribution in [2.45, 2.75) is 18.0 Å². The topological polar surface area (TPSA) is 91.4 Å². The molecular weight excluding hydrogens is 400 g/mol. The Morgan fingerprint density at radius 2 is 1.70 bits per heavy atom. The Balaban J connectivity index is 1.93. The van der Waals surface area contributed by atoms with Crippen LogP contribution >= 0.6 is 0 Å². The largest absolute Gasteiger partial charge is 0.380 e. The van der Waals surface area contributed by atoms with Crippen molar-refractivity contribution in [2.24, 2.45) is 5.73 Å². The van der Waals surface area contributed by atoms with Crippen LogP contribution in [0.5, 0.6) is 0 Å². The SMILES string of the molecule is COCc1ccc2c3c(C(N)=O)cccc3n(Cc3ccc(S(C)(=O)=O)cc3)c2c1. The number of carbonyl (C=O) groups excluding carboxylic acids is 1. The van der Waals surface area contributed by atoms with Gasteiger partial charge in [-0.1, -0.05) is 30.3 Å². The maximum absolute atomic E-state index is 12.1. The molecule has 3 aromatic carbocycles. The zero-order valence-corrected chi connectivity index (χ0v) is 17.6. The normalized spacial score (nSPS) is 11.9. The van der Waals surface area contributed by atoms with E-state index in [0.29, 0.717) is 18.7 Å².